The first kappa shape index (κ1) is 28.7. The molecule has 198 valence electrons. The largest absolute Gasteiger partial charge is 0.508 e. The minimum Gasteiger partial charge on any atom is -0.508 e. The van der Waals surface area contributed by atoms with Crippen LogP contribution in [0, 0.1) is 5.92 Å². The van der Waals surface area contributed by atoms with Crippen LogP contribution in [0.25, 0.3) is 0 Å². The summed E-state index contributed by atoms with van der Waals surface area (Å²) in [5.74, 6) is 2.30. The molecule has 3 rings (SSSR count). The van der Waals surface area contributed by atoms with Crippen LogP contribution >= 0.6 is 0 Å². The summed E-state index contributed by atoms with van der Waals surface area (Å²) < 4.78 is 16.8. The van der Waals surface area contributed by atoms with Gasteiger partial charge in [0, 0.05) is 31.9 Å². The highest BCUT2D eigenvalue weighted by Gasteiger charge is 2.20. The third kappa shape index (κ3) is 13.4. The van der Waals surface area contributed by atoms with Gasteiger partial charge in [0.2, 0.25) is 0 Å². The number of carbonyl (C=O) groups is 2. The second-order valence-electron chi connectivity index (χ2n) is 8.04. The molecule has 0 saturated heterocycles. The average Bonchev–Trinajstić information content (AvgIpc) is 3.69. The molecule has 2 amide bonds. The fourth-order valence-corrected chi connectivity index (χ4v) is 2.89. The Morgan fingerprint density at radius 2 is 1.64 bits per heavy atom. The van der Waals surface area contributed by atoms with Gasteiger partial charge in [0.05, 0.1) is 6.61 Å². The predicted octanol–water partition coefficient (Wildman–Crippen LogP) is 2.05. The number of carbonyl (C=O) groups excluding carboxylic acids is 1. The number of anilines is 1. The first-order chi connectivity index (χ1) is 17.5. The molecule has 1 aliphatic carbocycles. The Morgan fingerprint density at radius 1 is 1.00 bits per heavy atom. The molecular formula is C25H35N3O8. The minimum atomic E-state index is -0.685. The van der Waals surface area contributed by atoms with E-state index in [1.165, 1.54) is 25.0 Å². The number of nitrogens with one attached hydrogen (secondary N) is 3. The first-order valence-corrected chi connectivity index (χ1v) is 11.7. The van der Waals surface area contributed by atoms with Crippen LogP contribution in [0.15, 0.2) is 48.5 Å². The summed E-state index contributed by atoms with van der Waals surface area (Å²) in [6, 6.07) is 13.1. The molecule has 2 aromatic carbocycles. The minimum absolute atomic E-state index is 0.138. The van der Waals surface area contributed by atoms with E-state index in [0.717, 1.165) is 18.3 Å². The van der Waals surface area contributed by atoms with Gasteiger partial charge in [-0.05, 0) is 67.3 Å². The number of phenolic OH excluding ortho intramolecular Hbond substituents is 1. The Bertz CT molecular complexity index is 876. The van der Waals surface area contributed by atoms with Crippen molar-refractivity contribution in [3.8, 4) is 17.2 Å². The molecule has 1 aliphatic rings. The first-order valence-electron chi connectivity index (χ1n) is 11.7. The summed E-state index contributed by atoms with van der Waals surface area (Å²) in [5, 5.41) is 34.6. The molecule has 6 N–H and O–H groups in total. The Labute approximate surface area is 210 Å². The van der Waals surface area contributed by atoms with E-state index in [-0.39, 0.29) is 24.9 Å². The van der Waals surface area contributed by atoms with Gasteiger partial charge in [-0.2, -0.15) is 0 Å². The van der Waals surface area contributed by atoms with E-state index in [9.17, 15) is 15.0 Å². The van der Waals surface area contributed by atoms with Crippen LogP contribution in [-0.2, 0) is 9.53 Å². The number of phenols is 1. The zero-order valence-electron chi connectivity index (χ0n) is 20.1. The van der Waals surface area contributed by atoms with Gasteiger partial charge in [-0.15, -0.1) is 0 Å². The maximum atomic E-state index is 11.8. The van der Waals surface area contributed by atoms with E-state index in [4.69, 9.17) is 24.1 Å². The summed E-state index contributed by atoms with van der Waals surface area (Å²) in [6.45, 7) is 3.07. The van der Waals surface area contributed by atoms with Gasteiger partial charge in [-0.1, -0.05) is 0 Å². The van der Waals surface area contributed by atoms with Gasteiger partial charge < -0.3 is 45.5 Å². The molecule has 11 heteroatoms. The second-order valence-corrected chi connectivity index (χ2v) is 8.04. The van der Waals surface area contributed by atoms with Crippen molar-refractivity contribution >= 4 is 18.2 Å². The number of aliphatic hydroxyl groups is 1. The van der Waals surface area contributed by atoms with E-state index in [2.05, 4.69) is 16.0 Å². The molecule has 0 aliphatic heterocycles. The number of ether oxygens (including phenoxy) is 3. The lowest BCUT2D eigenvalue weighted by atomic mass is 10.3. The van der Waals surface area contributed by atoms with Gasteiger partial charge >= 0.3 is 6.03 Å². The molecule has 0 heterocycles. The number of hydrogen-bond acceptors (Lipinski definition) is 8. The third-order valence-electron chi connectivity index (χ3n) is 4.91. The molecule has 2 aromatic rings. The molecular weight excluding hydrogens is 470 g/mol. The van der Waals surface area contributed by atoms with Crippen molar-refractivity contribution in [1.29, 1.82) is 0 Å². The van der Waals surface area contributed by atoms with Gasteiger partial charge in [-0.25, -0.2) is 4.79 Å². The number of carboxylic acid groups (broad SMARTS) is 1. The maximum Gasteiger partial charge on any atom is 0.319 e. The molecule has 11 nitrogen and oxygen atoms in total. The number of aromatic hydroxyl groups is 1. The summed E-state index contributed by atoms with van der Waals surface area (Å²) in [4.78, 5) is 20.2. The summed E-state index contributed by atoms with van der Waals surface area (Å²) >= 11 is 0. The van der Waals surface area contributed by atoms with Crippen molar-refractivity contribution in [3.63, 3.8) is 0 Å². The normalized spacial score (nSPS) is 13.0. The van der Waals surface area contributed by atoms with Crippen molar-refractivity contribution in [1.82, 2.24) is 10.6 Å². The maximum absolute atomic E-state index is 11.8. The fraction of sp³-hybridized carbons (Fsp3) is 0.440. The molecule has 0 bridgehead atoms. The van der Waals surface area contributed by atoms with E-state index in [0.29, 0.717) is 44.3 Å². The second kappa shape index (κ2) is 17.0. The zero-order chi connectivity index (χ0) is 26.0. The summed E-state index contributed by atoms with van der Waals surface area (Å²) in [6.07, 6.45) is 1.88. The van der Waals surface area contributed by atoms with E-state index < -0.39 is 6.10 Å². The lowest BCUT2D eigenvalue weighted by molar-refractivity contribution is -0.122. The number of amides is 2. The number of hydrogen-bond donors (Lipinski definition) is 6. The monoisotopic (exact) mass is 505 g/mol. The van der Waals surface area contributed by atoms with E-state index in [1.54, 1.807) is 24.3 Å². The van der Waals surface area contributed by atoms with Crippen molar-refractivity contribution in [2.75, 3.05) is 51.4 Å². The van der Waals surface area contributed by atoms with Crippen LogP contribution in [0.2, 0.25) is 0 Å². The smallest absolute Gasteiger partial charge is 0.319 e. The standard InChI is InChI=1S/C24H33N3O6.CH2O2/c28-20-5-3-19(4-6-20)27-24(30)26-12-11-25-15-21(29)17-33-23-9-7-22(8-10-23)32-14-13-31-16-18-1-2-18;2-1-3/h3-10,18,21,25,28-29H,1-2,11-17H2,(H2,26,27,30);1H,(H,2,3). The highest BCUT2D eigenvalue weighted by Crippen LogP contribution is 2.28. The number of aliphatic hydroxyl groups excluding tert-OH is 1. The average molecular weight is 506 g/mol. The third-order valence-corrected chi connectivity index (χ3v) is 4.91. The van der Waals surface area contributed by atoms with Crippen LogP contribution < -0.4 is 25.4 Å². The lowest BCUT2D eigenvalue weighted by Crippen LogP contribution is -2.38. The molecule has 0 aromatic heterocycles. The molecule has 36 heavy (non-hydrogen) atoms. The summed E-state index contributed by atoms with van der Waals surface area (Å²) in [7, 11) is 0. The van der Waals surface area contributed by atoms with Crippen molar-refractivity contribution in [2.24, 2.45) is 5.92 Å². The van der Waals surface area contributed by atoms with Crippen LogP contribution in [0.3, 0.4) is 0 Å². The number of rotatable bonds is 15. The lowest BCUT2D eigenvalue weighted by Gasteiger charge is -2.14. The van der Waals surface area contributed by atoms with Gasteiger partial charge in [0.25, 0.3) is 6.47 Å². The number of benzene rings is 2. The number of urea groups is 1. The SMILES string of the molecule is O=C(NCCNCC(O)COc1ccc(OCCOCC2CC2)cc1)Nc1ccc(O)cc1.O=CO. The van der Waals surface area contributed by atoms with E-state index in [1.807, 2.05) is 12.1 Å². The van der Waals surface area contributed by atoms with Crippen molar-refractivity contribution in [3.05, 3.63) is 48.5 Å². The Hall–Kier alpha value is -3.54. The molecule has 0 radical (unpaired) electrons. The van der Waals surface area contributed by atoms with Gasteiger partial charge in [-0.3, -0.25) is 4.79 Å². The molecule has 1 atom stereocenters. The zero-order valence-corrected chi connectivity index (χ0v) is 20.1. The van der Waals surface area contributed by atoms with Crippen molar-refractivity contribution < 1.29 is 39.1 Å². The van der Waals surface area contributed by atoms with Crippen LogP contribution in [0.5, 0.6) is 17.2 Å². The van der Waals surface area contributed by atoms with Gasteiger partial charge in [0.15, 0.2) is 0 Å². The van der Waals surface area contributed by atoms with Crippen LogP contribution in [0.1, 0.15) is 12.8 Å². The van der Waals surface area contributed by atoms with E-state index >= 15 is 0 Å². The Kier molecular flexibility index (Phi) is 13.5. The molecule has 1 fully saturated rings. The topological polar surface area (TPSA) is 159 Å². The summed E-state index contributed by atoms with van der Waals surface area (Å²) in [5.41, 5.74) is 0.586. The molecule has 1 saturated carbocycles. The highest BCUT2D eigenvalue weighted by atomic mass is 16.5. The predicted molar refractivity (Wildman–Crippen MR) is 134 cm³/mol. The quantitative estimate of drug-likeness (QED) is 0.121. The Morgan fingerprint density at radius 3 is 2.28 bits per heavy atom. The van der Waals surface area contributed by atoms with Crippen molar-refractivity contribution in [2.45, 2.75) is 18.9 Å². The highest BCUT2D eigenvalue weighted by molar-refractivity contribution is 5.89. The Balaban J connectivity index is 0.00000145. The van der Waals surface area contributed by atoms with Gasteiger partial charge in [0.1, 0.15) is 36.6 Å². The fourth-order valence-electron chi connectivity index (χ4n) is 2.89. The van der Waals surface area contributed by atoms with Crippen LogP contribution in [0.4, 0.5) is 10.5 Å². The molecule has 1 unspecified atom stereocenters. The molecule has 0 spiro atoms. The van der Waals surface area contributed by atoms with Crippen LogP contribution in [-0.4, -0.2) is 80.0 Å².